The number of nitrogens with one attached hydrogen (secondary N) is 1. The Balaban J connectivity index is 2.49. The predicted octanol–water partition coefficient (Wildman–Crippen LogP) is 0.549. The fourth-order valence-corrected chi connectivity index (χ4v) is 2.66. The van der Waals surface area contributed by atoms with Crippen LogP contribution in [-0.2, 0) is 0 Å². The molecule has 1 atom stereocenters. The van der Waals surface area contributed by atoms with E-state index in [-0.39, 0.29) is 12.1 Å². The lowest BCUT2D eigenvalue weighted by Crippen LogP contribution is -2.60. The molecule has 1 rings (SSSR count). The van der Waals surface area contributed by atoms with Crippen LogP contribution in [0.1, 0.15) is 40.0 Å². The normalized spacial score (nSPS) is 22.9. The zero-order valence-corrected chi connectivity index (χ0v) is 11.6. The molecule has 1 aliphatic rings. The molecule has 0 aromatic carbocycles. The fourth-order valence-electron chi connectivity index (χ4n) is 2.66. The summed E-state index contributed by atoms with van der Waals surface area (Å²) in [5, 5.41) is 12.6. The van der Waals surface area contributed by atoms with E-state index in [1.54, 1.807) is 0 Å². The molecule has 4 heteroatoms. The van der Waals surface area contributed by atoms with Gasteiger partial charge in [-0.3, -0.25) is 0 Å². The van der Waals surface area contributed by atoms with Gasteiger partial charge in [0.1, 0.15) is 0 Å². The molecule has 0 aromatic heterocycles. The van der Waals surface area contributed by atoms with Crippen LogP contribution < -0.4 is 11.1 Å². The van der Waals surface area contributed by atoms with E-state index >= 15 is 0 Å². The minimum absolute atomic E-state index is 0.0833. The van der Waals surface area contributed by atoms with Crippen molar-refractivity contribution >= 4 is 0 Å². The van der Waals surface area contributed by atoms with Gasteiger partial charge in [-0.1, -0.05) is 0 Å². The lowest BCUT2D eigenvalue weighted by molar-refractivity contribution is 0.104. The van der Waals surface area contributed by atoms with Crippen molar-refractivity contribution in [1.82, 2.24) is 10.2 Å². The Morgan fingerprint density at radius 2 is 1.88 bits per heavy atom. The standard InChI is InChI=1S/C13H29N3O/c1-11(2)16-7-5-13(10-14,6-8-16)15-12(3)4-9-17/h11-12,15,17H,4-10,14H2,1-3H3. The van der Waals surface area contributed by atoms with Gasteiger partial charge >= 0.3 is 0 Å². The molecule has 1 saturated heterocycles. The van der Waals surface area contributed by atoms with E-state index in [1.807, 2.05) is 0 Å². The van der Waals surface area contributed by atoms with Crippen molar-refractivity contribution < 1.29 is 5.11 Å². The van der Waals surface area contributed by atoms with Crippen molar-refractivity contribution in [2.24, 2.45) is 5.73 Å². The van der Waals surface area contributed by atoms with Gasteiger partial charge in [0.15, 0.2) is 0 Å². The lowest BCUT2D eigenvalue weighted by Gasteiger charge is -2.44. The van der Waals surface area contributed by atoms with Crippen molar-refractivity contribution in [3.63, 3.8) is 0 Å². The van der Waals surface area contributed by atoms with E-state index in [0.717, 1.165) is 32.4 Å². The number of hydrogen-bond acceptors (Lipinski definition) is 4. The van der Waals surface area contributed by atoms with E-state index in [0.29, 0.717) is 18.6 Å². The smallest absolute Gasteiger partial charge is 0.0445 e. The molecule has 17 heavy (non-hydrogen) atoms. The highest BCUT2D eigenvalue weighted by molar-refractivity contribution is 4.96. The summed E-state index contributed by atoms with van der Waals surface area (Å²) >= 11 is 0. The van der Waals surface area contributed by atoms with Crippen molar-refractivity contribution in [3.8, 4) is 0 Å². The predicted molar refractivity (Wildman–Crippen MR) is 72.0 cm³/mol. The summed E-state index contributed by atoms with van der Waals surface area (Å²) in [5.74, 6) is 0. The number of piperidine rings is 1. The number of rotatable bonds is 6. The van der Waals surface area contributed by atoms with Crippen LogP contribution in [0.2, 0.25) is 0 Å². The maximum Gasteiger partial charge on any atom is 0.0445 e. The summed E-state index contributed by atoms with van der Waals surface area (Å²) in [5.41, 5.74) is 6.04. The van der Waals surface area contributed by atoms with Gasteiger partial charge < -0.3 is 21.1 Å². The van der Waals surface area contributed by atoms with Gasteiger partial charge in [0.2, 0.25) is 0 Å². The van der Waals surface area contributed by atoms with Gasteiger partial charge in [0.25, 0.3) is 0 Å². The number of aliphatic hydroxyl groups is 1. The highest BCUT2D eigenvalue weighted by atomic mass is 16.3. The van der Waals surface area contributed by atoms with Gasteiger partial charge in [-0.25, -0.2) is 0 Å². The monoisotopic (exact) mass is 243 g/mol. The number of hydrogen-bond donors (Lipinski definition) is 3. The average Bonchev–Trinajstić information content (AvgIpc) is 2.30. The van der Waals surface area contributed by atoms with Crippen LogP contribution in [0.15, 0.2) is 0 Å². The Bertz CT molecular complexity index is 213. The number of nitrogens with zero attached hydrogens (tertiary/aromatic N) is 1. The molecule has 4 nitrogen and oxygen atoms in total. The number of nitrogens with two attached hydrogens (primary N) is 1. The third-order valence-electron chi connectivity index (χ3n) is 3.99. The minimum atomic E-state index is 0.0833. The van der Waals surface area contributed by atoms with E-state index < -0.39 is 0 Å². The maximum atomic E-state index is 8.96. The van der Waals surface area contributed by atoms with E-state index in [4.69, 9.17) is 10.8 Å². The Morgan fingerprint density at radius 1 is 1.29 bits per heavy atom. The second-order valence-corrected chi connectivity index (χ2v) is 5.67. The summed E-state index contributed by atoms with van der Waals surface area (Å²) < 4.78 is 0. The molecule has 1 fully saturated rings. The molecule has 0 bridgehead atoms. The Kier molecular flexibility index (Phi) is 5.86. The molecule has 1 heterocycles. The molecule has 0 radical (unpaired) electrons. The quantitative estimate of drug-likeness (QED) is 0.637. The highest BCUT2D eigenvalue weighted by Crippen LogP contribution is 2.23. The Hall–Kier alpha value is -0.160. The van der Waals surface area contributed by atoms with Crippen LogP contribution >= 0.6 is 0 Å². The zero-order chi connectivity index (χ0) is 12.9. The first-order valence-electron chi connectivity index (χ1n) is 6.85. The van der Waals surface area contributed by atoms with Crippen molar-refractivity contribution in [3.05, 3.63) is 0 Å². The van der Waals surface area contributed by atoms with E-state index in [9.17, 15) is 0 Å². The van der Waals surface area contributed by atoms with Gasteiger partial charge in [0.05, 0.1) is 0 Å². The molecule has 0 aliphatic carbocycles. The second kappa shape index (κ2) is 6.69. The van der Waals surface area contributed by atoms with Gasteiger partial charge in [0, 0.05) is 43.9 Å². The number of likely N-dealkylation sites (tertiary alicyclic amines) is 1. The molecule has 4 N–H and O–H groups in total. The molecular weight excluding hydrogens is 214 g/mol. The first-order chi connectivity index (χ1) is 8.03. The van der Waals surface area contributed by atoms with Crippen molar-refractivity contribution in [2.75, 3.05) is 26.2 Å². The maximum absolute atomic E-state index is 8.96. The molecule has 0 aromatic rings. The third-order valence-corrected chi connectivity index (χ3v) is 3.99. The lowest BCUT2D eigenvalue weighted by atomic mass is 9.86. The summed E-state index contributed by atoms with van der Waals surface area (Å²) in [6, 6.07) is 0.967. The van der Waals surface area contributed by atoms with Gasteiger partial charge in [-0.05, 0) is 40.0 Å². The molecular formula is C13H29N3O. The zero-order valence-electron chi connectivity index (χ0n) is 11.6. The van der Waals surface area contributed by atoms with Gasteiger partial charge in [-0.15, -0.1) is 0 Å². The SMILES string of the molecule is CC(CCO)NC1(CN)CCN(C(C)C)CC1. The summed E-state index contributed by atoms with van der Waals surface area (Å²) in [6.07, 6.45) is 3.02. The Morgan fingerprint density at radius 3 is 2.29 bits per heavy atom. The van der Waals surface area contributed by atoms with Crippen LogP contribution in [0.25, 0.3) is 0 Å². The Labute approximate surface area is 106 Å². The van der Waals surface area contributed by atoms with Crippen molar-refractivity contribution in [2.45, 2.75) is 57.7 Å². The molecule has 102 valence electrons. The summed E-state index contributed by atoms with van der Waals surface area (Å²) in [6.45, 7) is 9.79. The first-order valence-corrected chi connectivity index (χ1v) is 6.85. The molecule has 1 aliphatic heterocycles. The van der Waals surface area contributed by atoms with Crippen LogP contribution in [-0.4, -0.2) is 53.9 Å². The van der Waals surface area contributed by atoms with Crippen LogP contribution in [0.5, 0.6) is 0 Å². The largest absolute Gasteiger partial charge is 0.396 e. The highest BCUT2D eigenvalue weighted by Gasteiger charge is 2.34. The molecule has 0 spiro atoms. The van der Waals surface area contributed by atoms with Crippen LogP contribution in [0.4, 0.5) is 0 Å². The third kappa shape index (κ3) is 4.21. The van der Waals surface area contributed by atoms with Gasteiger partial charge in [-0.2, -0.15) is 0 Å². The number of aliphatic hydroxyl groups excluding tert-OH is 1. The van der Waals surface area contributed by atoms with E-state index in [1.165, 1.54) is 0 Å². The molecule has 1 unspecified atom stereocenters. The summed E-state index contributed by atoms with van der Waals surface area (Å²) in [4.78, 5) is 2.51. The second-order valence-electron chi connectivity index (χ2n) is 5.67. The molecule has 0 amide bonds. The minimum Gasteiger partial charge on any atom is -0.396 e. The average molecular weight is 243 g/mol. The topological polar surface area (TPSA) is 61.5 Å². The molecule has 0 saturated carbocycles. The van der Waals surface area contributed by atoms with Crippen molar-refractivity contribution in [1.29, 1.82) is 0 Å². The van der Waals surface area contributed by atoms with Crippen LogP contribution in [0.3, 0.4) is 0 Å². The van der Waals surface area contributed by atoms with Crippen LogP contribution in [0, 0.1) is 0 Å². The van der Waals surface area contributed by atoms with E-state index in [2.05, 4.69) is 31.0 Å². The summed E-state index contributed by atoms with van der Waals surface area (Å²) in [7, 11) is 0. The fraction of sp³-hybridized carbons (Fsp3) is 1.00. The first kappa shape index (κ1) is 14.9.